The van der Waals surface area contributed by atoms with Crippen LogP contribution in [0.5, 0.6) is 0 Å². The van der Waals surface area contributed by atoms with E-state index < -0.39 is 0 Å². The van der Waals surface area contributed by atoms with Gasteiger partial charge >= 0.3 is 0 Å². The van der Waals surface area contributed by atoms with E-state index in [2.05, 4.69) is 41.3 Å². The van der Waals surface area contributed by atoms with Crippen LogP contribution in [-0.4, -0.2) is 62.3 Å². The van der Waals surface area contributed by atoms with Gasteiger partial charge in [-0.1, -0.05) is 12.1 Å². The molecule has 0 radical (unpaired) electrons. The third kappa shape index (κ3) is 7.70. The molecule has 6 heteroatoms. The molecule has 0 aromatic heterocycles. The maximum absolute atomic E-state index is 12.9. The quantitative estimate of drug-likeness (QED) is 0.423. The molecule has 1 fully saturated rings. The fourth-order valence-corrected chi connectivity index (χ4v) is 3.27. The van der Waals surface area contributed by atoms with Gasteiger partial charge in [0.25, 0.3) is 0 Å². The molecule has 2 rings (SSSR count). The SMILES string of the molecule is CCNC(=NCCCN1CC(C)OC(C)C1)NCCc1ccc(F)cc1. The average molecular weight is 365 g/mol. The minimum absolute atomic E-state index is 0.194. The van der Waals surface area contributed by atoms with Crippen molar-refractivity contribution >= 4 is 5.96 Å². The van der Waals surface area contributed by atoms with Crippen LogP contribution in [0.4, 0.5) is 4.39 Å². The number of benzene rings is 1. The van der Waals surface area contributed by atoms with Gasteiger partial charge in [-0.05, 0) is 51.3 Å². The van der Waals surface area contributed by atoms with Gasteiger partial charge in [0.1, 0.15) is 5.82 Å². The van der Waals surface area contributed by atoms with Crippen molar-refractivity contribution in [3.05, 3.63) is 35.6 Å². The summed E-state index contributed by atoms with van der Waals surface area (Å²) < 4.78 is 18.7. The molecule has 0 bridgehead atoms. The first-order valence-electron chi connectivity index (χ1n) is 9.71. The number of halogens is 1. The minimum atomic E-state index is -0.194. The molecule has 2 N–H and O–H groups in total. The molecule has 1 heterocycles. The maximum Gasteiger partial charge on any atom is 0.191 e. The Morgan fingerprint density at radius 1 is 1.19 bits per heavy atom. The van der Waals surface area contributed by atoms with E-state index in [4.69, 9.17) is 4.74 Å². The van der Waals surface area contributed by atoms with Gasteiger partial charge in [-0.3, -0.25) is 9.89 Å². The van der Waals surface area contributed by atoms with Crippen molar-refractivity contribution in [3.63, 3.8) is 0 Å². The van der Waals surface area contributed by atoms with E-state index in [1.807, 2.05) is 12.1 Å². The van der Waals surface area contributed by atoms with Crippen molar-refractivity contribution in [2.45, 2.75) is 45.8 Å². The van der Waals surface area contributed by atoms with Gasteiger partial charge in [0.15, 0.2) is 5.96 Å². The monoisotopic (exact) mass is 364 g/mol. The topological polar surface area (TPSA) is 48.9 Å². The number of ether oxygens (including phenoxy) is 1. The van der Waals surface area contributed by atoms with Crippen LogP contribution in [-0.2, 0) is 11.2 Å². The van der Waals surface area contributed by atoms with Crippen LogP contribution in [0.2, 0.25) is 0 Å². The number of nitrogens with zero attached hydrogens (tertiary/aromatic N) is 2. The molecule has 1 saturated heterocycles. The first-order valence-corrected chi connectivity index (χ1v) is 9.71. The van der Waals surface area contributed by atoms with Crippen molar-refractivity contribution in [1.29, 1.82) is 0 Å². The van der Waals surface area contributed by atoms with E-state index in [0.717, 1.165) is 63.6 Å². The van der Waals surface area contributed by atoms with Crippen LogP contribution in [0.3, 0.4) is 0 Å². The van der Waals surface area contributed by atoms with Crippen molar-refractivity contribution < 1.29 is 9.13 Å². The normalized spacial score (nSPS) is 21.6. The Labute approximate surface area is 157 Å². The van der Waals surface area contributed by atoms with Crippen molar-refractivity contribution in [2.24, 2.45) is 4.99 Å². The molecule has 0 spiro atoms. The van der Waals surface area contributed by atoms with Gasteiger partial charge in [-0.15, -0.1) is 0 Å². The molecule has 2 atom stereocenters. The molecule has 0 aliphatic carbocycles. The second-order valence-corrected chi connectivity index (χ2v) is 6.93. The zero-order chi connectivity index (χ0) is 18.8. The highest BCUT2D eigenvalue weighted by atomic mass is 19.1. The number of aliphatic imine (C=N–C) groups is 1. The fourth-order valence-electron chi connectivity index (χ4n) is 3.27. The minimum Gasteiger partial charge on any atom is -0.373 e. The number of hydrogen-bond donors (Lipinski definition) is 2. The lowest BCUT2D eigenvalue weighted by atomic mass is 10.1. The molecule has 1 aliphatic rings. The van der Waals surface area contributed by atoms with E-state index in [9.17, 15) is 4.39 Å². The van der Waals surface area contributed by atoms with Crippen LogP contribution in [0.1, 0.15) is 32.8 Å². The van der Waals surface area contributed by atoms with Crippen LogP contribution in [0.25, 0.3) is 0 Å². The summed E-state index contributed by atoms with van der Waals surface area (Å²) in [7, 11) is 0. The van der Waals surface area contributed by atoms with Crippen LogP contribution in [0.15, 0.2) is 29.3 Å². The first kappa shape index (κ1) is 20.6. The smallest absolute Gasteiger partial charge is 0.191 e. The Balaban J connectivity index is 1.69. The highest BCUT2D eigenvalue weighted by molar-refractivity contribution is 5.79. The zero-order valence-electron chi connectivity index (χ0n) is 16.3. The Morgan fingerprint density at radius 3 is 2.54 bits per heavy atom. The summed E-state index contributed by atoms with van der Waals surface area (Å²) in [5.74, 6) is 0.652. The number of hydrogen-bond acceptors (Lipinski definition) is 3. The summed E-state index contributed by atoms with van der Waals surface area (Å²) in [6, 6.07) is 6.65. The largest absolute Gasteiger partial charge is 0.373 e. The van der Waals surface area contributed by atoms with Crippen LogP contribution < -0.4 is 10.6 Å². The lowest BCUT2D eigenvalue weighted by Crippen LogP contribution is -2.45. The standard InChI is InChI=1S/C20H33FN4O/c1-4-22-20(24-12-10-18-6-8-19(21)9-7-18)23-11-5-13-25-14-16(2)26-17(3)15-25/h6-9,16-17H,4-5,10-15H2,1-3H3,(H2,22,23,24). The summed E-state index contributed by atoms with van der Waals surface area (Å²) in [4.78, 5) is 7.12. The molecule has 26 heavy (non-hydrogen) atoms. The van der Waals surface area contributed by atoms with Gasteiger partial charge < -0.3 is 15.4 Å². The second kappa shape index (κ2) is 11.1. The predicted molar refractivity (Wildman–Crippen MR) is 105 cm³/mol. The molecule has 0 saturated carbocycles. The maximum atomic E-state index is 12.9. The predicted octanol–water partition coefficient (Wildman–Crippen LogP) is 2.42. The third-order valence-corrected chi connectivity index (χ3v) is 4.36. The van der Waals surface area contributed by atoms with E-state index in [1.54, 1.807) is 0 Å². The molecular formula is C20H33FN4O. The molecule has 1 aliphatic heterocycles. The first-order chi connectivity index (χ1) is 12.6. The molecule has 0 amide bonds. The summed E-state index contributed by atoms with van der Waals surface area (Å²) >= 11 is 0. The van der Waals surface area contributed by atoms with Gasteiger partial charge in [0.2, 0.25) is 0 Å². The van der Waals surface area contributed by atoms with Crippen molar-refractivity contribution in [3.8, 4) is 0 Å². The summed E-state index contributed by atoms with van der Waals surface area (Å²) in [5, 5.41) is 6.62. The molecule has 2 unspecified atom stereocenters. The Morgan fingerprint density at radius 2 is 1.88 bits per heavy atom. The van der Waals surface area contributed by atoms with E-state index in [0.29, 0.717) is 12.2 Å². The number of guanidine groups is 1. The van der Waals surface area contributed by atoms with Gasteiger partial charge in [-0.25, -0.2) is 4.39 Å². The summed E-state index contributed by atoms with van der Waals surface area (Å²) in [6.45, 7) is 11.8. The number of nitrogens with one attached hydrogen (secondary N) is 2. The van der Waals surface area contributed by atoms with Gasteiger partial charge in [-0.2, -0.15) is 0 Å². The number of rotatable bonds is 8. The van der Waals surface area contributed by atoms with Crippen LogP contribution >= 0.6 is 0 Å². The molecule has 5 nitrogen and oxygen atoms in total. The number of morpholine rings is 1. The molecule has 146 valence electrons. The zero-order valence-corrected chi connectivity index (χ0v) is 16.3. The molecule has 1 aromatic rings. The second-order valence-electron chi connectivity index (χ2n) is 6.93. The van der Waals surface area contributed by atoms with E-state index >= 15 is 0 Å². The highest BCUT2D eigenvalue weighted by Crippen LogP contribution is 2.10. The van der Waals surface area contributed by atoms with Gasteiger partial charge in [0, 0.05) is 39.3 Å². The van der Waals surface area contributed by atoms with Crippen LogP contribution in [0, 0.1) is 5.82 Å². The molecular weight excluding hydrogens is 331 g/mol. The van der Waals surface area contributed by atoms with Gasteiger partial charge in [0.05, 0.1) is 12.2 Å². The Kier molecular flexibility index (Phi) is 8.85. The molecule has 1 aromatic carbocycles. The van der Waals surface area contributed by atoms with E-state index in [1.165, 1.54) is 12.1 Å². The Bertz CT molecular complexity index is 539. The fraction of sp³-hybridized carbons (Fsp3) is 0.650. The summed E-state index contributed by atoms with van der Waals surface area (Å²) in [5.41, 5.74) is 1.12. The lowest BCUT2D eigenvalue weighted by Gasteiger charge is -2.35. The average Bonchev–Trinajstić information content (AvgIpc) is 2.59. The lowest BCUT2D eigenvalue weighted by molar-refractivity contribution is -0.0679. The third-order valence-electron chi connectivity index (χ3n) is 4.36. The van der Waals surface area contributed by atoms with Crippen molar-refractivity contribution in [1.82, 2.24) is 15.5 Å². The highest BCUT2D eigenvalue weighted by Gasteiger charge is 2.21. The summed E-state index contributed by atoms with van der Waals surface area (Å²) in [6.07, 6.45) is 2.50. The van der Waals surface area contributed by atoms with E-state index in [-0.39, 0.29) is 5.82 Å². The van der Waals surface area contributed by atoms with Crippen molar-refractivity contribution in [2.75, 3.05) is 39.3 Å². The Hall–Kier alpha value is -1.66.